The molecule has 0 unspecified atom stereocenters. The Labute approximate surface area is 179 Å². The molecule has 1 aliphatic heterocycles. The Bertz CT molecular complexity index is 1050. The second-order valence-electron chi connectivity index (χ2n) is 6.89. The lowest BCUT2D eigenvalue weighted by Crippen LogP contribution is -2.50. The van der Waals surface area contributed by atoms with Crippen molar-refractivity contribution in [2.24, 2.45) is 0 Å². The summed E-state index contributed by atoms with van der Waals surface area (Å²) >= 11 is 6.13. The third-order valence-electron chi connectivity index (χ3n) is 4.89. The third-order valence-corrected chi connectivity index (χ3v) is 5.18. The van der Waals surface area contributed by atoms with Gasteiger partial charge >= 0.3 is 6.03 Å². The molecule has 156 valence electrons. The van der Waals surface area contributed by atoms with E-state index in [1.165, 1.54) is 6.33 Å². The first-order valence-corrected chi connectivity index (χ1v) is 9.90. The van der Waals surface area contributed by atoms with Crippen molar-refractivity contribution in [3.8, 4) is 11.6 Å². The van der Waals surface area contributed by atoms with Gasteiger partial charge in [-0.05, 0) is 31.2 Å². The lowest BCUT2D eigenvalue weighted by Gasteiger charge is -2.35. The van der Waals surface area contributed by atoms with Crippen LogP contribution in [0.5, 0.6) is 5.75 Å². The smallest absolute Gasteiger partial charge is 0.321 e. The highest BCUT2D eigenvalue weighted by atomic mass is 35.5. The minimum Gasteiger partial charge on any atom is -0.495 e. The number of methoxy groups -OCH3 is 1. The zero-order chi connectivity index (χ0) is 21.1. The Hall–Kier alpha value is -3.33. The van der Waals surface area contributed by atoms with Crippen LogP contribution in [0.1, 0.15) is 5.69 Å². The molecule has 1 saturated heterocycles. The minimum atomic E-state index is -0.161. The normalized spacial score (nSPS) is 14.0. The predicted molar refractivity (Wildman–Crippen MR) is 115 cm³/mol. The number of piperazine rings is 1. The maximum Gasteiger partial charge on any atom is 0.321 e. The summed E-state index contributed by atoms with van der Waals surface area (Å²) in [6.45, 7) is 4.44. The average molecular weight is 428 g/mol. The fraction of sp³-hybridized carbons (Fsp3) is 0.300. The molecule has 0 spiro atoms. The SMILES string of the molecule is COc1ccc(NC(=O)N2CCN(c3cc(-n4ccc(C)n4)ncn3)CC2)cc1Cl. The second-order valence-corrected chi connectivity index (χ2v) is 7.30. The van der Waals surface area contributed by atoms with Crippen LogP contribution in [0.3, 0.4) is 0 Å². The highest BCUT2D eigenvalue weighted by Crippen LogP contribution is 2.27. The molecule has 2 aromatic heterocycles. The van der Waals surface area contributed by atoms with E-state index in [4.69, 9.17) is 16.3 Å². The van der Waals surface area contributed by atoms with Gasteiger partial charge in [-0.2, -0.15) is 5.10 Å². The number of nitrogens with zero attached hydrogens (tertiary/aromatic N) is 6. The van der Waals surface area contributed by atoms with Gasteiger partial charge < -0.3 is 19.9 Å². The van der Waals surface area contributed by atoms with Crippen LogP contribution < -0.4 is 15.0 Å². The molecule has 3 aromatic rings. The van der Waals surface area contributed by atoms with Crippen molar-refractivity contribution in [1.82, 2.24) is 24.6 Å². The van der Waals surface area contributed by atoms with Gasteiger partial charge in [0.25, 0.3) is 0 Å². The lowest BCUT2D eigenvalue weighted by molar-refractivity contribution is 0.208. The van der Waals surface area contributed by atoms with E-state index < -0.39 is 0 Å². The van der Waals surface area contributed by atoms with Crippen LogP contribution in [-0.4, -0.2) is 64.0 Å². The molecule has 10 heteroatoms. The number of benzene rings is 1. The van der Waals surface area contributed by atoms with Gasteiger partial charge in [0.1, 0.15) is 17.9 Å². The summed E-state index contributed by atoms with van der Waals surface area (Å²) in [7, 11) is 1.55. The van der Waals surface area contributed by atoms with Gasteiger partial charge in [-0.3, -0.25) is 0 Å². The van der Waals surface area contributed by atoms with Crippen LogP contribution in [0.15, 0.2) is 42.9 Å². The highest BCUT2D eigenvalue weighted by molar-refractivity contribution is 6.32. The molecule has 2 amide bonds. The summed E-state index contributed by atoms with van der Waals surface area (Å²) < 4.78 is 6.86. The molecule has 0 saturated carbocycles. The number of carbonyl (C=O) groups excluding carboxylic acids is 1. The molecule has 1 aliphatic rings. The Balaban J connectivity index is 1.37. The van der Waals surface area contributed by atoms with E-state index in [0.29, 0.717) is 48.5 Å². The van der Waals surface area contributed by atoms with Gasteiger partial charge in [0.05, 0.1) is 17.8 Å². The van der Waals surface area contributed by atoms with Crippen molar-refractivity contribution in [2.45, 2.75) is 6.92 Å². The molecule has 0 aliphatic carbocycles. The number of urea groups is 1. The van der Waals surface area contributed by atoms with E-state index in [1.807, 2.05) is 25.3 Å². The summed E-state index contributed by atoms with van der Waals surface area (Å²) in [4.78, 5) is 25.2. The Morgan fingerprint density at radius 3 is 2.53 bits per heavy atom. The highest BCUT2D eigenvalue weighted by Gasteiger charge is 2.22. The van der Waals surface area contributed by atoms with Crippen molar-refractivity contribution in [1.29, 1.82) is 0 Å². The summed E-state index contributed by atoms with van der Waals surface area (Å²) in [6.07, 6.45) is 3.41. The van der Waals surface area contributed by atoms with Crippen LogP contribution in [0.4, 0.5) is 16.3 Å². The molecule has 1 N–H and O–H groups in total. The van der Waals surface area contributed by atoms with Crippen LogP contribution >= 0.6 is 11.6 Å². The van der Waals surface area contributed by atoms with Crippen LogP contribution in [-0.2, 0) is 0 Å². The topological polar surface area (TPSA) is 88.4 Å². The lowest BCUT2D eigenvalue weighted by atomic mass is 10.3. The van der Waals surface area contributed by atoms with E-state index in [-0.39, 0.29) is 6.03 Å². The molecule has 1 fully saturated rings. The van der Waals surface area contributed by atoms with Gasteiger partial charge in [0.15, 0.2) is 5.82 Å². The summed E-state index contributed by atoms with van der Waals surface area (Å²) in [5, 5.41) is 7.72. The third kappa shape index (κ3) is 4.30. The molecule has 3 heterocycles. The molecule has 0 atom stereocenters. The molecular formula is C20H22ClN7O2. The van der Waals surface area contributed by atoms with Gasteiger partial charge in [-0.25, -0.2) is 19.4 Å². The standard InChI is InChI=1S/C20H22ClN7O2/c1-14-5-6-28(25-14)19-12-18(22-13-23-19)26-7-9-27(10-8-26)20(29)24-15-3-4-17(30-2)16(21)11-15/h3-6,11-13H,7-10H2,1-2H3,(H,24,29). The van der Waals surface area contributed by atoms with Gasteiger partial charge in [0.2, 0.25) is 0 Å². The number of carbonyl (C=O) groups is 1. The average Bonchev–Trinajstić information content (AvgIpc) is 3.20. The first kappa shape index (κ1) is 20.0. The monoisotopic (exact) mass is 427 g/mol. The molecule has 0 radical (unpaired) electrons. The first-order chi connectivity index (χ1) is 14.5. The van der Waals surface area contributed by atoms with E-state index >= 15 is 0 Å². The number of ether oxygens (including phenoxy) is 1. The van der Waals surface area contributed by atoms with Crippen molar-refractivity contribution >= 4 is 29.1 Å². The number of halogens is 1. The number of amides is 2. The molecule has 0 bridgehead atoms. The maximum absolute atomic E-state index is 12.6. The van der Waals surface area contributed by atoms with Crippen molar-refractivity contribution in [3.05, 3.63) is 53.6 Å². The maximum atomic E-state index is 12.6. The molecule has 4 rings (SSSR count). The predicted octanol–water partition coefficient (Wildman–Crippen LogP) is 2.99. The summed E-state index contributed by atoms with van der Waals surface area (Å²) in [6, 6.07) is 8.83. The van der Waals surface area contributed by atoms with E-state index in [2.05, 4.69) is 25.3 Å². The largest absolute Gasteiger partial charge is 0.495 e. The van der Waals surface area contributed by atoms with E-state index in [0.717, 1.165) is 11.5 Å². The van der Waals surface area contributed by atoms with Gasteiger partial charge in [-0.1, -0.05) is 11.6 Å². The molecule has 30 heavy (non-hydrogen) atoms. The van der Waals surface area contributed by atoms with Crippen LogP contribution in [0.25, 0.3) is 5.82 Å². The molecule has 1 aromatic carbocycles. The van der Waals surface area contributed by atoms with Crippen molar-refractivity contribution in [2.75, 3.05) is 43.5 Å². The minimum absolute atomic E-state index is 0.161. The summed E-state index contributed by atoms with van der Waals surface area (Å²) in [5.74, 6) is 2.09. The van der Waals surface area contributed by atoms with Gasteiger partial charge in [-0.15, -0.1) is 0 Å². The molecular weight excluding hydrogens is 406 g/mol. The van der Waals surface area contributed by atoms with E-state index in [9.17, 15) is 4.79 Å². The number of anilines is 2. The molecule has 9 nitrogen and oxygen atoms in total. The number of hydrogen-bond acceptors (Lipinski definition) is 6. The van der Waals surface area contributed by atoms with Crippen LogP contribution in [0.2, 0.25) is 5.02 Å². The Morgan fingerprint density at radius 1 is 1.10 bits per heavy atom. The zero-order valence-corrected chi connectivity index (χ0v) is 17.5. The first-order valence-electron chi connectivity index (χ1n) is 9.52. The van der Waals surface area contributed by atoms with Crippen molar-refractivity contribution < 1.29 is 9.53 Å². The Morgan fingerprint density at radius 2 is 1.87 bits per heavy atom. The number of aromatic nitrogens is 4. The van der Waals surface area contributed by atoms with Crippen LogP contribution in [0, 0.1) is 6.92 Å². The summed E-state index contributed by atoms with van der Waals surface area (Å²) in [5.41, 5.74) is 1.55. The Kier molecular flexibility index (Phi) is 5.71. The fourth-order valence-electron chi connectivity index (χ4n) is 3.26. The quantitative estimate of drug-likeness (QED) is 0.688. The number of nitrogens with one attached hydrogen (secondary N) is 1. The number of aryl methyl sites for hydroxylation is 1. The number of hydrogen-bond donors (Lipinski definition) is 1. The second kappa shape index (κ2) is 8.58. The van der Waals surface area contributed by atoms with Crippen molar-refractivity contribution in [3.63, 3.8) is 0 Å². The number of rotatable bonds is 4. The fourth-order valence-corrected chi connectivity index (χ4v) is 3.52. The van der Waals surface area contributed by atoms with E-state index in [1.54, 1.807) is 34.9 Å². The van der Waals surface area contributed by atoms with Gasteiger partial charge in [0, 0.05) is 44.1 Å². The zero-order valence-electron chi connectivity index (χ0n) is 16.7.